The number of imidazole rings is 1. The highest BCUT2D eigenvalue weighted by atomic mass is 19.3. The van der Waals surface area contributed by atoms with E-state index in [2.05, 4.69) is 58.7 Å². The molecular weight excluding hydrogens is 348 g/mol. The van der Waals surface area contributed by atoms with Gasteiger partial charge in [-0.25, -0.2) is 9.98 Å². The van der Waals surface area contributed by atoms with E-state index >= 15 is 0 Å². The van der Waals surface area contributed by atoms with Gasteiger partial charge < -0.3 is 10.6 Å². The lowest BCUT2D eigenvalue weighted by molar-refractivity contribution is 0.0671. The van der Waals surface area contributed by atoms with Crippen LogP contribution < -0.4 is 10.6 Å². The molecule has 2 N–H and O–H groups in total. The third-order valence-corrected chi connectivity index (χ3v) is 4.26. The lowest BCUT2D eigenvalue weighted by atomic mass is 10.0. The van der Waals surface area contributed by atoms with E-state index in [0.717, 1.165) is 24.0 Å². The fourth-order valence-corrected chi connectivity index (χ4v) is 2.70. The Morgan fingerprint density at radius 2 is 1.93 bits per heavy atom. The van der Waals surface area contributed by atoms with Gasteiger partial charge in [0.05, 0.1) is 0 Å². The van der Waals surface area contributed by atoms with Gasteiger partial charge in [0, 0.05) is 25.5 Å². The number of nitrogens with one attached hydrogen (secondary N) is 2. The standard InChI is InChI=1S/C20H29F2N5/c1-4-23-20(26-14-18-24-12-13-27(18)19(21)22)25-11-5-6-16-7-9-17(10-8-16)15(2)3/h7-10,12-13,15,19H,4-6,11,14H2,1-3H3,(H2,23,25,26). The topological polar surface area (TPSA) is 54.2 Å². The van der Waals surface area contributed by atoms with Gasteiger partial charge in [-0.15, -0.1) is 0 Å². The molecule has 2 rings (SSSR count). The van der Waals surface area contributed by atoms with Crippen LogP contribution in [0.1, 0.15) is 56.6 Å². The average molecular weight is 377 g/mol. The van der Waals surface area contributed by atoms with Crippen LogP contribution in [0.15, 0.2) is 41.7 Å². The molecule has 0 saturated carbocycles. The van der Waals surface area contributed by atoms with E-state index in [0.29, 0.717) is 18.4 Å². The molecule has 0 aliphatic heterocycles. The third kappa shape index (κ3) is 6.66. The molecular formula is C20H29F2N5. The van der Waals surface area contributed by atoms with Crippen molar-refractivity contribution >= 4 is 5.96 Å². The summed E-state index contributed by atoms with van der Waals surface area (Å²) >= 11 is 0. The van der Waals surface area contributed by atoms with Crippen molar-refractivity contribution < 1.29 is 8.78 Å². The first kappa shape index (κ1) is 20.9. The molecule has 0 saturated heterocycles. The second-order valence-electron chi connectivity index (χ2n) is 6.65. The Kier molecular flexibility index (Phi) is 8.23. The van der Waals surface area contributed by atoms with Crippen molar-refractivity contribution in [2.75, 3.05) is 13.1 Å². The van der Waals surface area contributed by atoms with Gasteiger partial charge in [0.1, 0.15) is 12.4 Å². The molecule has 0 aliphatic rings. The van der Waals surface area contributed by atoms with E-state index in [-0.39, 0.29) is 12.4 Å². The van der Waals surface area contributed by atoms with Gasteiger partial charge in [-0.3, -0.25) is 4.57 Å². The largest absolute Gasteiger partial charge is 0.357 e. The summed E-state index contributed by atoms with van der Waals surface area (Å²) in [5, 5.41) is 6.37. The number of benzene rings is 1. The number of aromatic nitrogens is 2. The molecule has 0 unspecified atom stereocenters. The molecule has 1 aromatic carbocycles. The van der Waals surface area contributed by atoms with Gasteiger partial charge in [0.25, 0.3) is 0 Å². The first-order valence-electron chi connectivity index (χ1n) is 9.42. The molecule has 0 aliphatic carbocycles. The molecule has 0 radical (unpaired) electrons. The highest BCUT2D eigenvalue weighted by molar-refractivity contribution is 5.79. The quantitative estimate of drug-likeness (QED) is 0.393. The highest BCUT2D eigenvalue weighted by Crippen LogP contribution is 2.15. The summed E-state index contributed by atoms with van der Waals surface area (Å²) < 4.78 is 26.5. The van der Waals surface area contributed by atoms with Crippen molar-refractivity contribution in [3.05, 3.63) is 53.6 Å². The molecule has 0 spiro atoms. The summed E-state index contributed by atoms with van der Waals surface area (Å²) in [4.78, 5) is 8.30. The minimum Gasteiger partial charge on any atom is -0.357 e. The van der Waals surface area contributed by atoms with Crippen LogP contribution >= 0.6 is 0 Å². The maximum Gasteiger partial charge on any atom is 0.319 e. The normalized spacial score (nSPS) is 12.0. The second kappa shape index (κ2) is 10.6. The molecule has 1 heterocycles. The van der Waals surface area contributed by atoms with Gasteiger partial charge in [-0.05, 0) is 36.8 Å². The Morgan fingerprint density at radius 3 is 2.56 bits per heavy atom. The number of hydrogen-bond donors (Lipinski definition) is 2. The van der Waals surface area contributed by atoms with Crippen molar-refractivity contribution in [1.29, 1.82) is 0 Å². The Balaban J connectivity index is 1.82. The summed E-state index contributed by atoms with van der Waals surface area (Å²) in [6, 6.07) is 8.73. The second-order valence-corrected chi connectivity index (χ2v) is 6.65. The molecule has 27 heavy (non-hydrogen) atoms. The van der Waals surface area contributed by atoms with E-state index in [1.54, 1.807) is 0 Å². The van der Waals surface area contributed by atoms with Gasteiger partial charge in [-0.2, -0.15) is 8.78 Å². The van der Waals surface area contributed by atoms with E-state index in [1.807, 2.05) is 6.92 Å². The minimum atomic E-state index is -2.60. The zero-order chi connectivity index (χ0) is 19.6. The molecule has 7 heteroatoms. The zero-order valence-electron chi connectivity index (χ0n) is 16.3. The Morgan fingerprint density at radius 1 is 1.19 bits per heavy atom. The van der Waals surface area contributed by atoms with Crippen molar-refractivity contribution in [2.24, 2.45) is 4.99 Å². The molecule has 0 amide bonds. The van der Waals surface area contributed by atoms with Crippen LogP contribution in [0.3, 0.4) is 0 Å². The Labute approximate surface area is 159 Å². The third-order valence-electron chi connectivity index (χ3n) is 4.26. The summed E-state index contributed by atoms with van der Waals surface area (Å²) in [5.41, 5.74) is 2.66. The van der Waals surface area contributed by atoms with Crippen molar-refractivity contribution in [2.45, 2.75) is 52.6 Å². The minimum absolute atomic E-state index is 0.101. The zero-order valence-corrected chi connectivity index (χ0v) is 16.3. The van der Waals surface area contributed by atoms with Crippen LogP contribution in [0.25, 0.3) is 0 Å². The average Bonchev–Trinajstić information content (AvgIpc) is 3.12. The van der Waals surface area contributed by atoms with Gasteiger partial charge in [0.15, 0.2) is 5.96 Å². The van der Waals surface area contributed by atoms with E-state index < -0.39 is 6.55 Å². The number of aryl methyl sites for hydroxylation is 1. The predicted octanol–water partition coefficient (Wildman–Crippen LogP) is 4.09. The molecule has 0 bridgehead atoms. The molecule has 2 aromatic rings. The molecule has 148 valence electrons. The van der Waals surface area contributed by atoms with Crippen LogP contribution in [-0.4, -0.2) is 28.6 Å². The lowest BCUT2D eigenvalue weighted by Crippen LogP contribution is -2.38. The number of aliphatic imine (C=N–C) groups is 1. The van der Waals surface area contributed by atoms with Gasteiger partial charge in [0.2, 0.25) is 0 Å². The molecule has 0 atom stereocenters. The van der Waals surface area contributed by atoms with E-state index in [1.165, 1.54) is 23.5 Å². The Bertz CT molecular complexity index is 707. The van der Waals surface area contributed by atoms with Gasteiger partial charge >= 0.3 is 6.55 Å². The summed E-state index contributed by atoms with van der Waals surface area (Å²) in [6.45, 7) is 5.29. The van der Waals surface area contributed by atoms with Crippen molar-refractivity contribution in [3.8, 4) is 0 Å². The fourth-order valence-electron chi connectivity index (χ4n) is 2.70. The SMILES string of the molecule is CCNC(=NCc1nccn1C(F)F)NCCCc1ccc(C(C)C)cc1. The van der Waals surface area contributed by atoms with Crippen LogP contribution in [0, 0.1) is 0 Å². The number of nitrogens with zero attached hydrogens (tertiary/aromatic N) is 3. The van der Waals surface area contributed by atoms with Crippen LogP contribution in [0.4, 0.5) is 8.78 Å². The summed E-state index contributed by atoms with van der Waals surface area (Å²) in [7, 11) is 0. The summed E-state index contributed by atoms with van der Waals surface area (Å²) in [5.74, 6) is 1.39. The van der Waals surface area contributed by atoms with Gasteiger partial charge in [-0.1, -0.05) is 38.1 Å². The number of guanidine groups is 1. The summed E-state index contributed by atoms with van der Waals surface area (Å²) in [6.07, 6.45) is 4.56. The molecule has 5 nitrogen and oxygen atoms in total. The number of alkyl halides is 2. The fraction of sp³-hybridized carbons (Fsp3) is 0.500. The maximum atomic E-state index is 12.9. The first-order valence-corrected chi connectivity index (χ1v) is 9.42. The number of halogens is 2. The van der Waals surface area contributed by atoms with Crippen molar-refractivity contribution in [3.63, 3.8) is 0 Å². The van der Waals surface area contributed by atoms with Crippen LogP contribution in [-0.2, 0) is 13.0 Å². The first-order chi connectivity index (χ1) is 13.0. The maximum absolute atomic E-state index is 12.9. The molecule has 0 fully saturated rings. The van der Waals surface area contributed by atoms with Crippen LogP contribution in [0.2, 0.25) is 0 Å². The monoisotopic (exact) mass is 377 g/mol. The number of hydrogen-bond acceptors (Lipinski definition) is 2. The van der Waals surface area contributed by atoms with E-state index in [4.69, 9.17) is 0 Å². The lowest BCUT2D eigenvalue weighted by Gasteiger charge is -2.12. The predicted molar refractivity (Wildman–Crippen MR) is 105 cm³/mol. The van der Waals surface area contributed by atoms with Crippen molar-refractivity contribution in [1.82, 2.24) is 20.2 Å². The molecule has 1 aromatic heterocycles. The number of rotatable bonds is 9. The highest BCUT2D eigenvalue weighted by Gasteiger charge is 2.10. The van der Waals surface area contributed by atoms with E-state index in [9.17, 15) is 8.78 Å². The smallest absolute Gasteiger partial charge is 0.319 e. The van der Waals surface area contributed by atoms with Crippen LogP contribution in [0.5, 0.6) is 0 Å². The Hall–Kier alpha value is -2.44.